The number of rotatable bonds is 7. The second-order valence-electron chi connectivity index (χ2n) is 7.48. The number of carbonyl (C=O) groups excluding carboxylic acids is 2. The number of nitrogens with two attached hydrogens (primary N) is 1. The van der Waals surface area contributed by atoms with Crippen molar-refractivity contribution in [2.75, 3.05) is 13.1 Å². The van der Waals surface area contributed by atoms with E-state index >= 15 is 0 Å². The number of benzene rings is 1. The van der Waals surface area contributed by atoms with Gasteiger partial charge in [0.1, 0.15) is 9.97 Å². The molecule has 0 spiro atoms. The Bertz CT molecular complexity index is 1260. The Kier molecular flexibility index (Phi) is 6.61. The fourth-order valence-electron chi connectivity index (χ4n) is 3.63. The second kappa shape index (κ2) is 9.43. The maximum atomic E-state index is 13.3. The van der Waals surface area contributed by atoms with Gasteiger partial charge in [0.05, 0.1) is 0 Å². The highest BCUT2D eigenvalue weighted by Crippen LogP contribution is 2.28. The molecule has 12 heteroatoms. The number of aryl methyl sites for hydroxylation is 1. The number of amides is 2. The van der Waals surface area contributed by atoms with Crippen LogP contribution in [0.25, 0.3) is 0 Å². The highest BCUT2D eigenvalue weighted by molar-refractivity contribution is 7.91. The predicted molar refractivity (Wildman–Crippen MR) is 120 cm³/mol. The van der Waals surface area contributed by atoms with Gasteiger partial charge in [-0.1, -0.05) is 35.5 Å². The first-order valence-electron chi connectivity index (χ1n) is 10.2. The van der Waals surface area contributed by atoms with E-state index in [1.807, 2.05) is 24.3 Å². The van der Waals surface area contributed by atoms with Gasteiger partial charge in [-0.3, -0.25) is 9.59 Å². The Morgan fingerprint density at radius 2 is 2.00 bits per heavy atom. The van der Waals surface area contributed by atoms with Gasteiger partial charge in [-0.15, -0.1) is 11.3 Å². The lowest BCUT2D eigenvalue weighted by Crippen LogP contribution is -2.53. The van der Waals surface area contributed by atoms with Crippen LogP contribution in [0.2, 0.25) is 0 Å². The summed E-state index contributed by atoms with van der Waals surface area (Å²) in [4.78, 5) is 27.6. The van der Waals surface area contributed by atoms with Crippen LogP contribution in [0.3, 0.4) is 0 Å². The fraction of sp³-hybridized carbons (Fsp3) is 0.286. The predicted octanol–water partition coefficient (Wildman–Crippen LogP) is 1.29. The van der Waals surface area contributed by atoms with E-state index in [9.17, 15) is 18.0 Å². The van der Waals surface area contributed by atoms with Crippen LogP contribution in [0.15, 0.2) is 56.6 Å². The van der Waals surface area contributed by atoms with Crippen LogP contribution in [0.4, 0.5) is 0 Å². The van der Waals surface area contributed by atoms with Crippen molar-refractivity contribution in [2.45, 2.75) is 30.4 Å². The van der Waals surface area contributed by atoms with Crippen molar-refractivity contribution >= 4 is 33.2 Å². The number of aromatic nitrogens is 1. The van der Waals surface area contributed by atoms with Crippen LogP contribution in [0, 0.1) is 6.92 Å². The molecule has 1 unspecified atom stereocenters. The molecule has 0 bridgehead atoms. The number of nitrogens with one attached hydrogen (secondary N) is 1. The van der Waals surface area contributed by atoms with E-state index in [0.717, 1.165) is 26.8 Å². The van der Waals surface area contributed by atoms with Crippen LogP contribution in [-0.2, 0) is 27.9 Å². The molecule has 0 aliphatic carbocycles. The molecule has 3 aromatic rings. The lowest BCUT2D eigenvalue weighted by Gasteiger charge is -2.28. The molecule has 3 heterocycles. The standard InChI is InChI=1S/C21H23N5O5S2/c1-14-10-17(24-31-14)21(28)25-7-8-26(33(29,30)18-6-3-9-32-18)20(25)19(27)23-13-16-5-2-4-15(11-16)12-22/h2-6,9-11,20H,7-8,12-13,22H2,1H3,(H,23,27). The molecular formula is C21H23N5O5S2. The molecule has 1 aliphatic heterocycles. The average Bonchev–Trinajstić information content (AvgIpc) is 3.58. The van der Waals surface area contributed by atoms with Gasteiger partial charge >= 0.3 is 0 Å². The largest absolute Gasteiger partial charge is 0.361 e. The molecule has 1 aromatic carbocycles. The van der Waals surface area contributed by atoms with Gasteiger partial charge in [0, 0.05) is 32.2 Å². The van der Waals surface area contributed by atoms with Crippen LogP contribution in [0.5, 0.6) is 0 Å². The number of hydrogen-bond donors (Lipinski definition) is 2. The van der Waals surface area contributed by atoms with Crippen LogP contribution in [-0.4, -0.2) is 53.8 Å². The van der Waals surface area contributed by atoms with Crippen molar-refractivity contribution in [3.8, 4) is 0 Å². The number of sulfonamides is 1. The van der Waals surface area contributed by atoms with Gasteiger partial charge in [-0.05, 0) is 29.5 Å². The van der Waals surface area contributed by atoms with Crippen molar-refractivity contribution in [3.05, 3.63) is 70.4 Å². The number of hydrogen-bond acceptors (Lipinski definition) is 8. The Labute approximate surface area is 195 Å². The molecule has 33 heavy (non-hydrogen) atoms. The SMILES string of the molecule is Cc1cc(C(=O)N2CCN(S(=O)(=O)c3cccs3)C2C(=O)NCc2cccc(CN)c2)no1. The summed E-state index contributed by atoms with van der Waals surface area (Å²) in [5.74, 6) is -0.762. The first-order chi connectivity index (χ1) is 15.8. The zero-order chi connectivity index (χ0) is 23.6. The molecule has 0 radical (unpaired) electrons. The summed E-state index contributed by atoms with van der Waals surface area (Å²) in [5.41, 5.74) is 7.40. The molecule has 2 amide bonds. The highest BCUT2D eigenvalue weighted by Gasteiger charge is 2.47. The summed E-state index contributed by atoms with van der Waals surface area (Å²) < 4.78 is 32.6. The third kappa shape index (κ3) is 4.69. The van der Waals surface area contributed by atoms with Crippen molar-refractivity contribution in [2.24, 2.45) is 5.73 Å². The lowest BCUT2D eigenvalue weighted by molar-refractivity contribution is -0.127. The summed E-state index contributed by atoms with van der Waals surface area (Å²) in [6.07, 6.45) is -1.36. The normalized spacial score (nSPS) is 16.8. The van der Waals surface area contributed by atoms with E-state index in [1.54, 1.807) is 18.4 Å². The molecule has 10 nitrogen and oxygen atoms in total. The zero-order valence-electron chi connectivity index (χ0n) is 17.8. The molecule has 1 aliphatic rings. The van der Waals surface area contributed by atoms with E-state index in [-0.39, 0.29) is 29.5 Å². The minimum atomic E-state index is -3.99. The molecule has 1 saturated heterocycles. The molecule has 3 N–H and O–H groups in total. The maximum absolute atomic E-state index is 13.3. The second-order valence-corrected chi connectivity index (χ2v) is 10.5. The summed E-state index contributed by atoms with van der Waals surface area (Å²) in [5, 5.41) is 8.13. The Balaban J connectivity index is 1.62. The lowest BCUT2D eigenvalue weighted by atomic mass is 10.1. The first-order valence-corrected chi connectivity index (χ1v) is 12.5. The molecular weight excluding hydrogens is 466 g/mol. The number of nitrogens with zero attached hydrogens (tertiary/aromatic N) is 3. The minimum Gasteiger partial charge on any atom is -0.361 e. The van der Waals surface area contributed by atoms with E-state index in [4.69, 9.17) is 10.3 Å². The van der Waals surface area contributed by atoms with E-state index < -0.39 is 28.0 Å². The summed E-state index contributed by atoms with van der Waals surface area (Å²) in [7, 11) is -3.99. The van der Waals surface area contributed by atoms with Crippen molar-refractivity contribution in [1.82, 2.24) is 19.7 Å². The molecule has 0 saturated carbocycles. The third-order valence-corrected chi connectivity index (χ3v) is 8.45. The quantitative estimate of drug-likeness (QED) is 0.510. The molecule has 1 atom stereocenters. The Hall–Kier alpha value is -3.06. The van der Waals surface area contributed by atoms with Crippen molar-refractivity contribution < 1.29 is 22.5 Å². The molecule has 2 aromatic heterocycles. The highest BCUT2D eigenvalue weighted by atomic mass is 32.2. The third-order valence-electron chi connectivity index (χ3n) is 5.22. The fourth-order valence-corrected chi connectivity index (χ4v) is 6.29. The topological polar surface area (TPSA) is 139 Å². The van der Waals surface area contributed by atoms with Crippen LogP contribution in [0.1, 0.15) is 27.4 Å². The van der Waals surface area contributed by atoms with Gasteiger partial charge in [0.2, 0.25) is 0 Å². The van der Waals surface area contributed by atoms with Crippen molar-refractivity contribution in [1.29, 1.82) is 0 Å². The number of thiophene rings is 1. The van der Waals surface area contributed by atoms with Crippen molar-refractivity contribution in [3.63, 3.8) is 0 Å². The Morgan fingerprint density at radius 1 is 1.21 bits per heavy atom. The van der Waals surface area contributed by atoms with E-state index in [1.165, 1.54) is 17.0 Å². The van der Waals surface area contributed by atoms with Gasteiger partial charge < -0.3 is 20.5 Å². The van der Waals surface area contributed by atoms with E-state index in [2.05, 4.69) is 10.5 Å². The van der Waals surface area contributed by atoms with E-state index in [0.29, 0.717) is 12.3 Å². The van der Waals surface area contributed by atoms with Gasteiger partial charge in [0.15, 0.2) is 11.9 Å². The maximum Gasteiger partial charge on any atom is 0.277 e. The molecule has 4 rings (SSSR count). The van der Waals surface area contributed by atoms with Gasteiger partial charge in [0.25, 0.3) is 21.8 Å². The first kappa shape index (κ1) is 23.1. The summed E-state index contributed by atoms with van der Waals surface area (Å²) >= 11 is 1.05. The minimum absolute atomic E-state index is 0.0105. The van der Waals surface area contributed by atoms with Crippen LogP contribution >= 0.6 is 11.3 Å². The monoisotopic (exact) mass is 489 g/mol. The van der Waals surface area contributed by atoms with Crippen LogP contribution < -0.4 is 11.1 Å². The summed E-state index contributed by atoms with van der Waals surface area (Å²) in [6.45, 7) is 2.17. The molecule has 1 fully saturated rings. The number of carbonyl (C=O) groups is 2. The summed E-state index contributed by atoms with van der Waals surface area (Å²) in [6, 6.07) is 11.9. The smallest absolute Gasteiger partial charge is 0.277 e. The van der Waals surface area contributed by atoms with Gasteiger partial charge in [-0.2, -0.15) is 4.31 Å². The Morgan fingerprint density at radius 3 is 2.67 bits per heavy atom. The zero-order valence-corrected chi connectivity index (χ0v) is 19.4. The average molecular weight is 490 g/mol. The van der Waals surface area contributed by atoms with Gasteiger partial charge in [-0.25, -0.2) is 8.42 Å². The molecule has 174 valence electrons.